The minimum atomic E-state index is -0.616. The van der Waals surface area contributed by atoms with Crippen LogP contribution in [0.3, 0.4) is 0 Å². The summed E-state index contributed by atoms with van der Waals surface area (Å²) in [5, 5.41) is 24.9. The molecule has 1 amide bonds. The van der Waals surface area contributed by atoms with Crippen molar-refractivity contribution in [2.45, 2.75) is 51.6 Å². The number of carbonyl (C=O) groups is 1. The molecule has 2 aromatic rings. The highest BCUT2D eigenvalue weighted by molar-refractivity contribution is 7.15. The molecule has 1 aromatic carbocycles. The van der Waals surface area contributed by atoms with Gasteiger partial charge >= 0.3 is 0 Å². The molecule has 1 fully saturated rings. The molecule has 5 atom stereocenters. The second kappa shape index (κ2) is 8.38. The Labute approximate surface area is 187 Å². The number of nitrogens with zero attached hydrogens (tertiary/aromatic N) is 1. The summed E-state index contributed by atoms with van der Waals surface area (Å²) in [5.41, 5.74) is 1.19. The summed E-state index contributed by atoms with van der Waals surface area (Å²) in [7, 11) is 0. The van der Waals surface area contributed by atoms with Crippen LogP contribution in [0.5, 0.6) is 0 Å². The molecule has 1 saturated carbocycles. The number of carbonyl (C=O) groups excluding carboxylic acids is 1. The van der Waals surface area contributed by atoms with Crippen LogP contribution in [0.4, 0.5) is 0 Å². The van der Waals surface area contributed by atoms with Gasteiger partial charge in [0.05, 0.1) is 24.9 Å². The lowest BCUT2D eigenvalue weighted by atomic mass is 9.47. The minimum Gasteiger partial charge on any atom is -0.396 e. The van der Waals surface area contributed by atoms with Crippen LogP contribution in [-0.4, -0.2) is 40.4 Å². The number of amides is 1. The van der Waals surface area contributed by atoms with Gasteiger partial charge < -0.3 is 15.5 Å². The monoisotopic (exact) mass is 438 g/mol. The van der Waals surface area contributed by atoms with E-state index in [1.807, 2.05) is 25.1 Å². The molecule has 31 heavy (non-hydrogen) atoms. The second-order valence-electron chi connectivity index (χ2n) is 9.41. The van der Waals surface area contributed by atoms with Gasteiger partial charge in [-0.3, -0.25) is 4.79 Å². The summed E-state index contributed by atoms with van der Waals surface area (Å²) in [6.07, 6.45) is 7.22. The number of hydrogen-bond donors (Lipinski definition) is 3. The van der Waals surface area contributed by atoms with Crippen LogP contribution in [0.15, 0.2) is 30.3 Å². The molecule has 1 aromatic heterocycles. The Morgan fingerprint density at radius 2 is 2.10 bits per heavy atom. The number of nitrogens with one attached hydrogen (secondary N) is 1. The molecule has 0 saturated heterocycles. The quantitative estimate of drug-likeness (QED) is 0.625. The number of terminal acetylenes is 1. The molecule has 0 spiro atoms. The maximum atomic E-state index is 12.7. The van der Waals surface area contributed by atoms with E-state index < -0.39 is 11.5 Å². The summed E-state index contributed by atoms with van der Waals surface area (Å²) < 4.78 is 0. The Kier molecular flexibility index (Phi) is 5.95. The fourth-order valence-electron chi connectivity index (χ4n) is 5.76. The fourth-order valence-corrected chi connectivity index (χ4v) is 6.93. The topological polar surface area (TPSA) is 82.5 Å². The largest absolute Gasteiger partial charge is 0.396 e. The molecule has 0 radical (unpaired) electrons. The van der Waals surface area contributed by atoms with E-state index in [1.54, 1.807) is 11.3 Å². The van der Waals surface area contributed by atoms with E-state index in [1.165, 1.54) is 0 Å². The Bertz CT molecular complexity index is 998. The summed E-state index contributed by atoms with van der Waals surface area (Å²) >= 11 is 1.67. The molecule has 4 rings (SSSR count). The summed E-state index contributed by atoms with van der Waals surface area (Å²) in [6.45, 7) is 4.32. The van der Waals surface area contributed by atoms with E-state index in [0.717, 1.165) is 34.0 Å². The average Bonchev–Trinajstić information content (AvgIpc) is 3.21. The van der Waals surface area contributed by atoms with Crippen molar-refractivity contribution in [2.24, 2.45) is 16.7 Å². The Hall–Kier alpha value is -2.20. The zero-order valence-electron chi connectivity index (χ0n) is 18.1. The van der Waals surface area contributed by atoms with Gasteiger partial charge in [0.25, 0.3) is 0 Å². The third-order valence-electron chi connectivity index (χ3n) is 7.69. The average molecular weight is 439 g/mol. The van der Waals surface area contributed by atoms with Crippen LogP contribution in [-0.2, 0) is 11.2 Å². The van der Waals surface area contributed by atoms with Crippen molar-refractivity contribution in [3.63, 3.8) is 0 Å². The molecule has 1 heterocycles. The first-order valence-electron chi connectivity index (χ1n) is 10.9. The summed E-state index contributed by atoms with van der Waals surface area (Å²) in [4.78, 5) is 18.9. The van der Waals surface area contributed by atoms with Crippen molar-refractivity contribution < 1.29 is 15.0 Å². The highest BCUT2D eigenvalue weighted by Crippen LogP contribution is 2.62. The number of hydrogen-bond acceptors (Lipinski definition) is 5. The highest BCUT2D eigenvalue weighted by atomic mass is 32.1. The molecule has 2 aliphatic carbocycles. The van der Waals surface area contributed by atoms with Gasteiger partial charge in [-0.25, -0.2) is 4.98 Å². The van der Waals surface area contributed by atoms with Gasteiger partial charge in [-0.2, -0.15) is 0 Å². The number of thiazole rings is 1. The van der Waals surface area contributed by atoms with Crippen molar-refractivity contribution in [1.82, 2.24) is 10.3 Å². The maximum Gasteiger partial charge on any atom is 0.221 e. The number of benzene rings is 1. The first-order chi connectivity index (χ1) is 14.8. The fraction of sp³-hybridized carbons (Fsp3) is 0.520. The molecular weight excluding hydrogens is 408 g/mol. The van der Waals surface area contributed by atoms with Crippen molar-refractivity contribution >= 4 is 17.2 Å². The van der Waals surface area contributed by atoms with Crippen LogP contribution in [0.1, 0.15) is 49.6 Å². The van der Waals surface area contributed by atoms with Gasteiger partial charge in [0, 0.05) is 28.2 Å². The lowest BCUT2D eigenvalue weighted by Crippen LogP contribution is -2.57. The molecule has 0 bridgehead atoms. The number of aliphatic hydroxyl groups excluding tert-OH is 2. The number of rotatable bonds is 5. The molecule has 6 heteroatoms. The zero-order valence-corrected chi connectivity index (χ0v) is 18.9. The van der Waals surface area contributed by atoms with Crippen LogP contribution in [0, 0.1) is 29.1 Å². The third kappa shape index (κ3) is 3.69. The van der Waals surface area contributed by atoms with E-state index in [4.69, 9.17) is 11.4 Å². The smallest absolute Gasteiger partial charge is 0.221 e. The van der Waals surface area contributed by atoms with Gasteiger partial charge in [0.15, 0.2) is 0 Å². The van der Waals surface area contributed by atoms with Gasteiger partial charge in [-0.1, -0.05) is 50.1 Å². The van der Waals surface area contributed by atoms with Crippen LogP contribution >= 0.6 is 11.3 Å². The Morgan fingerprint density at radius 1 is 1.35 bits per heavy atom. The SMILES string of the molecule is C#CCNC(=O)CC1c2nc(-c3ccccc3)sc2CC2C(C)(CO)C(O)CCC12C. The van der Waals surface area contributed by atoms with E-state index >= 15 is 0 Å². The predicted octanol–water partition coefficient (Wildman–Crippen LogP) is 3.37. The minimum absolute atomic E-state index is 0.0516. The van der Waals surface area contributed by atoms with Crippen LogP contribution in [0.2, 0.25) is 0 Å². The van der Waals surface area contributed by atoms with E-state index in [9.17, 15) is 15.0 Å². The maximum absolute atomic E-state index is 12.7. The summed E-state index contributed by atoms with van der Waals surface area (Å²) in [5.74, 6) is 2.34. The standard InChI is InChI=1S/C25H30N2O3S/c1-4-12-26-21(30)13-17-22-18(31-23(27-22)16-8-6-5-7-9-16)14-19-24(17,2)11-10-20(29)25(19,3)15-28/h1,5-9,17,19-20,28-29H,10-15H2,2-3H3,(H,26,30). The molecule has 0 aliphatic heterocycles. The van der Waals surface area contributed by atoms with Crippen LogP contribution in [0.25, 0.3) is 10.6 Å². The van der Waals surface area contributed by atoms with Gasteiger partial charge in [0.2, 0.25) is 5.91 Å². The molecule has 5 unspecified atom stereocenters. The lowest BCUT2D eigenvalue weighted by molar-refractivity contribution is -0.144. The second-order valence-corrected chi connectivity index (χ2v) is 10.5. The zero-order chi connectivity index (χ0) is 22.2. The first-order valence-corrected chi connectivity index (χ1v) is 11.7. The number of fused-ring (bicyclic) bond motifs is 2. The van der Waals surface area contributed by atoms with Crippen molar-refractivity contribution in [3.05, 3.63) is 40.9 Å². The van der Waals surface area contributed by atoms with Crippen molar-refractivity contribution in [3.8, 4) is 22.9 Å². The Balaban J connectivity index is 1.80. The van der Waals surface area contributed by atoms with Gasteiger partial charge in [-0.05, 0) is 30.6 Å². The molecule has 5 nitrogen and oxygen atoms in total. The normalized spacial score (nSPS) is 31.9. The van der Waals surface area contributed by atoms with Gasteiger partial charge in [0.1, 0.15) is 5.01 Å². The third-order valence-corrected chi connectivity index (χ3v) is 8.83. The van der Waals surface area contributed by atoms with Crippen molar-refractivity contribution in [1.29, 1.82) is 0 Å². The lowest BCUT2D eigenvalue weighted by Gasteiger charge is -2.58. The van der Waals surface area contributed by atoms with E-state index in [-0.39, 0.29) is 36.3 Å². The van der Waals surface area contributed by atoms with Crippen LogP contribution < -0.4 is 5.32 Å². The molecule has 164 valence electrons. The van der Waals surface area contributed by atoms with E-state index in [2.05, 4.69) is 30.3 Å². The summed E-state index contributed by atoms with van der Waals surface area (Å²) in [6, 6.07) is 10.1. The molecule has 3 N–H and O–H groups in total. The molecule has 2 aliphatic rings. The molecular formula is C25H30N2O3S. The van der Waals surface area contributed by atoms with Gasteiger partial charge in [-0.15, -0.1) is 17.8 Å². The Morgan fingerprint density at radius 3 is 2.77 bits per heavy atom. The number of aliphatic hydroxyl groups is 2. The highest BCUT2D eigenvalue weighted by Gasteiger charge is 2.59. The predicted molar refractivity (Wildman–Crippen MR) is 122 cm³/mol. The first kappa shape index (κ1) is 22.0. The van der Waals surface area contributed by atoms with E-state index in [0.29, 0.717) is 12.8 Å². The number of aromatic nitrogens is 1. The van der Waals surface area contributed by atoms with Crippen molar-refractivity contribution in [2.75, 3.05) is 13.2 Å².